The molecular weight excluding hydrogens is 532 g/mol. The van der Waals surface area contributed by atoms with Gasteiger partial charge >= 0.3 is 48.9 Å². The fraction of sp³-hybridized carbons (Fsp3) is 1.00. The molecule has 0 fully saturated rings. The molecule has 0 amide bonds. The van der Waals surface area contributed by atoms with Crippen molar-refractivity contribution in [3.8, 4) is 0 Å². The van der Waals surface area contributed by atoms with E-state index < -0.39 is 48.9 Å². The van der Waals surface area contributed by atoms with Crippen LogP contribution in [0.2, 0.25) is 0 Å². The van der Waals surface area contributed by atoms with Gasteiger partial charge in [-0.3, -0.25) is 0 Å². The van der Waals surface area contributed by atoms with Crippen LogP contribution in [0.3, 0.4) is 0 Å². The number of ether oxygens (including phenoxy) is 4. The summed E-state index contributed by atoms with van der Waals surface area (Å²) in [7, 11) is 1.68. The van der Waals surface area contributed by atoms with Gasteiger partial charge in [0.15, 0.2) is 0 Å². The predicted octanol–water partition coefficient (Wildman–Crippen LogP) is 4.42. The first-order chi connectivity index (χ1) is 14.0. The van der Waals surface area contributed by atoms with E-state index in [9.17, 15) is 70.2 Å². The number of methoxy groups -OCH3 is 1. The third-order valence-corrected chi connectivity index (χ3v) is 2.44. The molecule has 0 aromatic rings. The monoisotopic (exact) mass is 542 g/mol. The molecule has 0 rings (SSSR count). The number of hydrogen-bond donors (Lipinski definition) is 2. The van der Waals surface area contributed by atoms with Crippen LogP contribution in [0.5, 0.6) is 0 Å². The topological polar surface area (TPSA) is 77.4 Å². The van der Waals surface area contributed by atoms with Gasteiger partial charge in [0.05, 0.1) is 0 Å². The lowest BCUT2D eigenvalue weighted by atomic mass is 10.4. The highest BCUT2D eigenvalue weighted by Gasteiger charge is 2.77. The lowest BCUT2D eigenvalue weighted by molar-refractivity contribution is -0.578. The minimum absolute atomic E-state index is 0.819. The third kappa shape index (κ3) is 8.73. The summed E-state index contributed by atoms with van der Waals surface area (Å²) in [5.74, 6) is 0. The van der Waals surface area contributed by atoms with Crippen molar-refractivity contribution in [2.75, 3.05) is 13.7 Å². The molecule has 0 unspecified atom stereocenters. The van der Waals surface area contributed by atoms with E-state index in [2.05, 4.69) is 4.74 Å². The Morgan fingerprint density at radius 1 is 0.455 bits per heavy atom. The number of rotatable bonds is 11. The van der Waals surface area contributed by atoms with E-state index in [0.717, 1.165) is 6.61 Å². The summed E-state index contributed by atoms with van der Waals surface area (Å²) in [4.78, 5) is 0. The zero-order valence-corrected chi connectivity index (χ0v) is 15.3. The lowest BCUT2D eigenvalue weighted by Crippen LogP contribution is -2.60. The molecule has 0 aliphatic heterocycles. The Balaban J connectivity index is 0. The molecule has 0 heterocycles. The Morgan fingerprint density at radius 3 is 0.727 bits per heavy atom. The largest absolute Gasteiger partial charge is 0.453 e. The molecule has 0 aliphatic rings. The van der Waals surface area contributed by atoms with Gasteiger partial charge in [-0.05, 0) is 6.92 Å². The Labute approximate surface area is 170 Å². The molecule has 33 heavy (non-hydrogen) atoms. The molecule has 0 aromatic carbocycles. The molecule has 22 heteroatoms. The van der Waals surface area contributed by atoms with Crippen LogP contribution in [0.1, 0.15) is 6.92 Å². The fourth-order valence-electron chi connectivity index (χ4n) is 0.843. The van der Waals surface area contributed by atoms with Crippen molar-refractivity contribution in [1.82, 2.24) is 0 Å². The number of aliphatic hydroxyl groups is 2. The Morgan fingerprint density at radius 2 is 0.606 bits per heavy atom. The highest BCUT2D eigenvalue weighted by molar-refractivity contribution is 4.79. The number of alkyl halides is 16. The normalized spacial score (nSPS) is 15.3. The number of halogens is 16. The summed E-state index contributed by atoms with van der Waals surface area (Å²) in [5, 5.41) is 14.9. The quantitative estimate of drug-likeness (QED) is 0.377. The fourth-order valence-corrected chi connectivity index (χ4v) is 0.843. The highest BCUT2D eigenvalue weighted by Crippen LogP contribution is 2.50. The van der Waals surface area contributed by atoms with Crippen molar-refractivity contribution >= 4 is 0 Å². The van der Waals surface area contributed by atoms with Crippen LogP contribution >= 0.6 is 0 Å². The maximum absolute atomic E-state index is 12.8. The Kier molecular flexibility index (Phi) is 10.3. The second-order valence-corrected chi connectivity index (χ2v) is 5.07. The third-order valence-electron chi connectivity index (χ3n) is 2.44. The van der Waals surface area contributed by atoms with Gasteiger partial charge in [-0.15, -0.1) is 0 Å². The molecule has 0 atom stereocenters. The number of hydrogen-bond acceptors (Lipinski definition) is 6. The van der Waals surface area contributed by atoms with Crippen molar-refractivity contribution < 1.29 is 99.4 Å². The van der Waals surface area contributed by atoms with E-state index in [1.165, 1.54) is 14.2 Å². The van der Waals surface area contributed by atoms with Crippen molar-refractivity contribution in [3.63, 3.8) is 0 Å². The van der Waals surface area contributed by atoms with Crippen LogP contribution in [0.25, 0.3) is 0 Å². The molecule has 2 N–H and O–H groups in total. The Bertz CT molecular complexity index is 561. The summed E-state index contributed by atoms with van der Waals surface area (Å²) in [6.45, 7) is 2.78. The Hall–Kier alpha value is -1.36. The summed E-state index contributed by atoms with van der Waals surface area (Å²) < 4.78 is 207. The van der Waals surface area contributed by atoms with E-state index in [0.29, 0.717) is 0 Å². The molecule has 0 bridgehead atoms. The molecule has 0 saturated heterocycles. The first kappa shape index (κ1) is 33.8. The van der Waals surface area contributed by atoms with Gasteiger partial charge in [0.25, 0.3) is 0 Å². The summed E-state index contributed by atoms with van der Waals surface area (Å²) in [5.41, 5.74) is 0. The van der Waals surface area contributed by atoms with Crippen molar-refractivity contribution in [3.05, 3.63) is 0 Å². The smallest absolute Gasteiger partial charge is 0.385 e. The first-order valence-electron chi connectivity index (χ1n) is 7.10. The molecule has 0 aromatic heterocycles. The van der Waals surface area contributed by atoms with Gasteiger partial charge in [-0.1, -0.05) is 0 Å². The summed E-state index contributed by atoms with van der Waals surface area (Å²) in [6.07, 6.45) is -57.2. The zero-order valence-electron chi connectivity index (χ0n) is 15.3. The van der Waals surface area contributed by atoms with Gasteiger partial charge in [0.2, 0.25) is 0 Å². The molecule has 0 saturated carbocycles. The van der Waals surface area contributed by atoms with E-state index >= 15 is 0 Å². The van der Waals surface area contributed by atoms with Gasteiger partial charge in [-0.2, -0.15) is 70.2 Å². The maximum Gasteiger partial charge on any atom is 0.453 e. The van der Waals surface area contributed by atoms with E-state index in [4.69, 9.17) is 10.2 Å². The van der Waals surface area contributed by atoms with Gasteiger partial charge in [-0.25, -0.2) is 14.2 Å². The minimum Gasteiger partial charge on any atom is -0.385 e. The maximum atomic E-state index is 12.8. The molecule has 202 valence electrons. The van der Waals surface area contributed by atoms with Crippen LogP contribution in [0.15, 0.2) is 0 Å². The summed E-state index contributed by atoms with van der Waals surface area (Å²) in [6, 6.07) is 0. The van der Waals surface area contributed by atoms with Crippen LogP contribution in [-0.2, 0) is 18.9 Å². The lowest BCUT2D eigenvalue weighted by Gasteiger charge is -2.34. The van der Waals surface area contributed by atoms with Crippen LogP contribution in [-0.4, -0.2) is 72.8 Å². The molecular formula is C11H10F16O6. The van der Waals surface area contributed by atoms with Crippen LogP contribution < -0.4 is 0 Å². The highest BCUT2D eigenvalue weighted by atomic mass is 19.4. The van der Waals surface area contributed by atoms with Gasteiger partial charge in [0, 0.05) is 13.7 Å². The summed E-state index contributed by atoms with van der Waals surface area (Å²) >= 11 is 0. The predicted molar refractivity (Wildman–Crippen MR) is 64.8 cm³/mol. The molecule has 6 nitrogen and oxygen atoms in total. The second-order valence-electron chi connectivity index (χ2n) is 5.07. The zero-order chi connectivity index (χ0) is 27.5. The minimum atomic E-state index is -7.52. The standard InChI is InChI=1S/C8H2F16O5.C3H8O/c9-1(10,25)3(13,14)27-5(17,18)7(21,22)29-8(23,24)6(19,20)28-4(15,16)2(11,12)26;1-3-4-2/h25-26H;3H2,1-2H3. The molecule has 0 radical (unpaired) electrons. The second kappa shape index (κ2) is 10.1. The molecule has 0 spiro atoms. The van der Waals surface area contributed by atoms with Crippen molar-refractivity contribution in [2.24, 2.45) is 0 Å². The van der Waals surface area contributed by atoms with Gasteiger partial charge < -0.3 is 14.9 Å². The SMILES string of the molecule is CCOC.OC(F)(F)C(F)(F)OC(F)(F)C(F)(F)OC(F)(F)C(F)(F)OC(F)(F)C(O)(F)F. The molecule has 0 aliphatic carbocycles. The van der Waals surface area contributed by atoms with E-state index in [1.807, 2.05) is 6.92 Å². The average Bonchev–Trinajstić information content (AvgIpc) is 2.49. The van der Waals surface area contributed by atoms with Crippen molar-refractivity contribution in [1.29, 1.82) is 0 Å². The van der Waals surface area contributed by atoms with Crippen molar-refractivity contribution in [2.45, 2.75) is 55.8 Å². The van der Waals surface area contributed by atoms with Gasteiger partial charge in [0.1, 0.15) is 0 Å². The van der Waals surface area contributed by atoms with Crippen LogP contribution in [0.4, 0.5) is 70.2 Å². The van der Waals surface area contributed by atoms with E-state index in [-0.39, 0.29) is 0 Å². The first-order valence-corrected chi connectivity index (χ1v) is 7.10. The van der Waals surface area contributed by atoms with Crippen LogP contribution in [0, 0.1) is 0 Å². The average molecular weight is 542 g/mol. The van der Waals surface area contributed by atoms with E-state index in [1.54, 1.807) is 7.11 Å².